The lowest BCUT2D eigenvalue weighted by atomic mass is 10.4. The van der Waals surface area contributed by atoms with E-state index in [1.165, 1.54) is 0 Å². The molecule has 0 aliphatic carbocycles. The van der Waals surface area contributed by atoms with Crippen LogP contribution in [-0.2, 0) is 0 Å². The Morgan fingerprint density at radius 1 is 1.42 bits per heavy atom. The van der Waals surface area contributed by atoms with Gasteiger partial charge < -0.3 is 10.1 Å². The molecule has 1 rings (SSSR count). The molecule has 0 radical (unpaired) electrons. The van der Waals surface area contributed by atoms with Gasteiger partial charge in [0.25, 0.3) is 6.43 Å². The quantitative estimate of drug-likeness (QED) is 0.502. The van der Waals surface area contributed by atoms with E-state index in [-0.39, 0.29) is 0 Å². The third-order valence-corrected chi connectivity index (χ3v) is 1.07. The van der Waals surface area contributed by atoms with Gasteiger partial charge in [-0.3, -0.25) is 0 Å². The van der Waals surface area contributed by atoms with Crippen molar-refractivity contribution in [2.75, 3.05) is 0 Å². The van der Waals surface area contributed by atoms with Crippen LogP contribution in [0.4, 0.5) is 14.7 Å². The summed E-state index contributed by atoms with van der Waals surface area (Å²) in [6.07, 6.45) is -1.24. The second-order valence-corrected chi connectivity index (χ2v) is 1.87. The first-order valence-electron chi connectivity index (χ1n) is 2.85. The van der Waals surface area contributed by atoms with Crippen LogP contribution in [0.1, 0.15) is 12.0 Å². The molecule has 1 heterocycles. The summed E-state index contributed by atoms with van der Waals surface area (Å²) in [4.78, 5) is 15.3. The van der Waals surface area contributed by atoms with E-state index < -0.39 is 22.9 Å². The number of rotatable bonds is 2. The number of hydrogen-bond donors (Lipinski definition) is 0. The van der Waals surface area contributed by atoms with E-state index in [1.54, 1.807) is 0 Å². The molecule has 64 valence electrons. The lowest BCUT2D eigenvalue weighted by Gasteiger charge is -1.93. The van der Waals surface area contributed by atoms with Crippen molar-refractivity contribution >= 4 is 5.95 Å². The number of aromatic nitrogens is 2. The highest BCUT2D eigenvalue weighted by atomic mass is 19.3. The van der Waals surface area contributed by atoms with Crippen LogP contribution < -0.4 is 0 Å². The molecule has 0 unspecified atom stereocenters. The smallest absolute Gasteiger partial charge is 0.390 e. The fourth-order valence-corrected chi connectivity index (χ4v) is 0.538. The lowest BCUT2D eigenvalue weighted by molar-refractivity contribution is -0.394. The topological polar surface area (TPSA) is 68.9 Å². The Balaban J connectivity index is 2.93. The molecule has 0 amide bonds. The number of alkyl halides is 2. The first-order chi connectivity index (χ1) is 5.61. The van der Waals surface area contributed by atoms with Gasteiger partial charge in [-0.2, -0.15) is 0 Å². The molecule has 0 aromatic carbocycles. The van der Waals surface area contributed by atoms with E-state index in [2.05, 4.69) is 9.97 Å². The molecule has 7 heteroatoms. The minimum absolute atomic E-state index is 0.430. The van der Waals surface area contributed by atoms with Gasteiger partial charge in [0.15, 0.2) is 0 Å². The van der Waals surface area contributed by atoms with Gasteiger partial charge in [-0.1, -0.05) is 9.97 Å². The van der Waals surface area contributed by atoms with E-state index >= 15 is 0 Å². The molecule has 0 atom stereocenters. The Labute approximate surface area is 65.2 Å². The fraction of sp³-hybridized carbons (Fsp3) is 0.200. The molecule has 0 N–H and O–H groups in total. The van der Waals surface area contributed by atoms with Gasteiger partial charge in [-0.15, -0.1) is 0 Å². The highest BCUT2D eigenvalue weighted by Gasteiger charge is 2.14. The van der Waals surface area contributed by atoms with Crippen molar-refractivity contribution in [3.05, 3.63) is 28.1 Å². The van der Waals surface area contributed by atoms with Gasteiger partial charge >= 0.3 is 5.95 Å². The monoisotopic (exact) mass is 175 g/mol. The Hall–Kier alpha value is -1.66. The van der Waals surface area contributed by atoms with Gasteiger partial charge in [0, 0.05) is 0 Å². The summed E-state index contributed by atoms with van der Waals surface area (Å²) >= 11 is 0. The van der Waals surface area contributed by atoms with Crippen LogP contribution in [0, 0.1) is 10.1 Å². The third kappa shape index (κ3) is 1.68. The van der Waals surface area contributed by atoms with E-state index in [4.69, 9.17) is 0 Å². The third-order valence-electron chi connectivity index (χ3n) is 1.07. The molecule has 0 aliphatic rings. The molecule has 0 aliphatic heterocycles. The maximum Gasteiger partial charge on any atom is 0.468 e. The van der Waals surface area contributed by atoms with Gasteiger partial charge in [-0.25, -0.2) is 8.78 Å². The van der Waals surface area contributed by atoms with E-state index in [1.807, 2.05) is 0 Å². The Kier molecular flexibility index (Phi) is 2.22. The highest BCUT2D eigenvalue weighted by molar-refractivity contribution is 5.11. The minimum atomic E-state index is -2.70. The first kappa shape index (κ1) is 8.44. The first-order valence-corrected chi connectivity index (χ1v) is 2.85. The van der Waals surface area contributed by atoms with Crippen molar-refractivity contribution in [3.63, 3.8) is 0 Å². The Morgan fingerprint density at radius 2 is 1.92 bits per heavy atom. The molecule has 0 fully saturated rings. The van der Waals surface area contributed by atoms with Gasteiger partial charge in [0.05, 0.1) is 5.56 Å². The van der Waals surface area contributed by atoms with Crippen molar-refractivity contribution in [2.24, 2.45) is 0 Å². The molecule has 1 aromatic rings. The molecule has 12 heavy (non-hydrogen) atoms. The summed E-state index contributed by atoms with van der Waals surface area (Å²) in [5, 5.41) is 9.98. The zero-order valence-electron chi connectivity index (χ0n) is 5.65. The average Bonchev–Trinajstić information content (AvgIpc) is 2.04. The zero-order chi connectivity index (χ0) is 9.14. The maximum absolute atomic E-state index is 11.8. The second-order valence-electron chi connectivity index (χ2n) is 1.87. The summed E-state index contributed by atoms with van der Waals surface area (Å²) in [7, 11) is 0. The standard InChI is InChI=1S/C5H3F2N3O2/c6-4(7)3-1-8-5(9-2-3)10(11)12/h1-2,4H. The fourth-order valence-electron chi connectivity index (χ4n) is 0.538. The van der Waals surface area contributed by atoms with Crippen LogP contribution in [0.15, 0.2) is 12.4 Å². The lowest BCUT2D eigenvalue weighted by Crippen LogP contribution is -1.97. The average molecular weight is 175 g/mol. The molecular weight excluding hydrogens is 172 g/mol. The van der Waals surface area contributed by atoms with Gasteiger partial charge in [-0.05, 0) is 4.92 Å². The summed E-state index contributed by atoms with van der Waals surface area (Å²) in [6, 6.07) is 0. The van der Waals surface area contributed by atoms with Crippen molar-refractivity contribution < 1.29 is 13.7 Å². The van der Waals surface area contributed by atoms with Crippen molar-refractivity contribution in [3.8, 4) is 0 Å². The Morgan fingerprint density at radius 3 is 2.25 bits per heavy atom. The highest BCUT2D eigenvalue weighted by Crippen LogP contribution is 2.16. The van der Waals surface area contributed by atoms with E-state index in [9.17, 15) is 18.9 Å². The van der Waals surface area contributed by atoms with Crippen molar-refractivity contribution in [2.45, 2.75) is 6.43 Å². The summed E-state index contributed by atoms with van der Waals surface area (Å²) < 4.78 is 23.7. The van der Waals surface area contributed by atoms with Crippen LogP contribution in [-0.4, -0.2) is 14.9 Å². The largest absolute Gasteiger partial charge is 0.468 e. The number of hydrogen-bond acceptors (Lipinski definition) is 4. The molecule has 0 saturated heterocycles. The van der Waals surface area contributed by atoms with Crippen LogP contribution in [0.3, 0.4) is 0 Å². The van der Waals surface area contributed by atoms with E-state index in [0.717, 1.165) is 12.4 Å². The molecule has 1 aromatic heterocycles. The van der Waals surface area contributed by atoms with E-state index in [0.29, 0.717) is 0 Å². The van der Waals surface area contributed by atoms with Crippen LogP contribution in [0.5, 0.6) is 0 Å². The van der Waals surface area contributed by atoms with Gasteiger partial charge in [0.1, 0.15) is 12.4 Å². The van der Waals surface area contributed by atoms with Crippen LogP contribution >= 0.6 is 0 Å². The number of nitro groups is 1. The van der Waals surface area contributed by atoms with Crippen molar-refractivity contribution in [1.29, 1.82) is 0 Å². The number of nitrogens with zero attached hydrogens (tertiary/aromatic N) is 3. The summed E-state index contributed by atoms with van der Waals surface area (Å²) in [6.45, 7) is 0. The molecule has 0 spiro atoms. The zero-order valence-corrected chi connectivity index (χ0v) is 5.65. The Bertz CT molecular complexity index is 287. The maximum atomic E-state index is 11.8. The van der Waals surface area contributed by atoms with Crippen LogP contribution in [0.2, 0.25) is 0 Å². The predicted molar refractivity (Wildman–Crippen MR) is 33.6 cm³/mol. The normalized spacial score (nSPS) is 10.2. The van der Waals surface area contributed by atoms with Crippen molar-refractivity contribution in [1.82, 2.24) is 9.97 Å². The molecule has 0 bridgehead atoms. The van der Waals surface area contributed by atoms with Crippen LogP contribution in [0.25, 0.3) is 0 Å². The molecule has 0 saturated carbocycles. The molecule has 5 nitrogen and oxygen atoms in total. The SMILES string of the molecule is O=[N+]([O-])c1ncc(C(F)F)cn1. The number of halogens is 2. The minimum Gasteiger partial charge on any atom is -0.390 e. The van der Waals surface area contributed by atoms with Gasteiger partial charge in [0.2, 0.25) is 0 Å². The summed E-state index contributed by atoms with van der Waals surface area (Å²) in [5.41, 5.74) is -0.430. The second kappa shape index (κ2) is 3.16. The molecular formula is C5H3F2N3O2. The summed E-state index contributed by atoms with van der Waals surface area (Å²) in [5.74, 6) is -0.681. The predicted octanol–water partition coefficient (Wildman–Crippen LogP) is 1.32.